The van der Waals surface area contributed by atoms with E-state index >= 15 is 0 Å². The standard InChI is InChI=1S/C26H16Cl2N4O2S/c27-20-9-5-17(6-10-20)14-29-31-26-32(30-15-18-7-11-21(28)12-8-18)23(16-35-26)22-13-19-3-1-2-4-24(19)34-25(22)33/h1-16H/b29-14-,30-15+,31-26+. The lowest BCUT2D eigenvalue weighted by Crippen LogP contribution is -2.14. The Morgan fingerprint density at radius 3 is 2.23 bits per heavy atom. The van der Waals surface area contributed by atoms with E-state index in [0.29, 0.717) is 31.7 Å². The molecule has 5 aromatic rings. The molecule has 3 aromatic carbocycles. The van der Waals surface area contributed by atoms with Gasteiger partial charge >= 0.3 is 5.63 Å². The molecule has 0 N–H and O–H groups in total. The number of thiazole rings is 1. The molecule has 0 radical (unpaired) electrons. The van der Waals surface area contributed by atoms with Crippen LogP contribution in [0.2, 0.25) is 10.0 Å². The minimum Gasteiger partial charge on any atom is -0.422 e. The van der Waals surface area contributed by atoms with E-state index in [2.05, 4.69) is 15.3 Å². The van der Waals surface area contributed by atoms with Crippen LogP contribution < -0.4 is 10.4 Å². The van der Waals surface area contributed by atoms with Crippen LogP contribution >= 0.6 is 34.5 Å². The molecule has 2 aromatic heterocycles. The number of benzene rings is 3. The molecule has 0 fully saturated rings. The molecule has 2 heterocycles. The highest BCUT2D eigenvalue weighted by Crippen LogP contribution is 2.22. The van der Waals surface area contributed by atoms with Crippen molar-refractivity contribution in [3.8, 4) is 11.3 Å². The van der Waals surface area contributed by atoms with E-state index in [1.54, 1.807) is 58.9 Å². The molecule has 0 aliphatic rings. The molecule has 0 amide bonds. The van der Waals surface area contributed by atoms with Crippen molar-refractivity contribution in [2.24, 2.45) is 15.3 Å². The number of rotatable bonds is 5. The number of para-hydroxylation sites is 1. The molecule has 0 spiro atoms. The van der Waals surface area contributed by atoms with Crippen molar-refractivity contribution >= 4 is 57.9 Å². The summed E-state index contributed by atoms with van der Waals surface area (Å²) in [6.07, 6.45) is 3.28. The van der Waals surface area contributed by atoms with Crippen LogP contribution in [0.15, 0.2) is 109 Å². The molecule has 35 heavy (non-hydrogen) atoms. The fourth-order valence-electron chi connectivity index (χ4n) is 3.27. The third-order valence-corrected chi connectivity index (χ3v) is 6.33. The third-order valence-electron chi connectivity index (χ3n) is 5.02. The lowest BCUT2D eigenvalue weighted by molar-refractivity contribution is 0.562. The van der Waals surface area contributed by atoms with Crippen molar-refractivity contribution < 1.29 is 4.42 Å². The van der Waals surface area contributed by atoms with Gasteiger partial charge in [0.15, 0.2) is 0 Å². The summed E-state index contributed by atoms with van der Waals surface area (Å²) in [5, 5.41) is 17.0. The van der Waals surface area contributed by atoms with E-state index in [4.69, 9.17) is 27.6 Å². The van der Waals surface area contributed by atoms with Gasteiger partial charge in [-0.25, -0.2) is 9.47 Å². The number of aromatic nitrogens is 1. The van der Waals surface area contributed by atoms with Crippen LogP contribution in [0.25, 0.3) is 22.2 Å². The Labute approximate surface area is 213 Å². The van der Waals surface area contributed by atoms with Crippen LogP contribution in [0.1, 0.15) is 11.1 Å². The second kappa shape index (κ2) is 10.2. The molecule has 9 heteroatoms. The molecule has 0 saturated heterocycles. The highest BCUT2D eigenvalue weighted by Gasteiger charge is 2.14. The Balaban J connectivity index is 1.61. The van der Waals surface area contributed by atoms with Crippen LogP contribution in [0.4, 0.5) is 0 Å². The van der Waals surface area contributed by atoms with Gasteiger partial charge in [-0.3, -0.25) is 0 Å². The lowest BCUT2D eigenvalue weighted by Gasteiger charge is -2.04. The molecular formula is C26H16Cl2N4O2S. The maximum atomic E-state index is 12.8. The number of nitrogens with zero attached hydrogens (tertiary/aromatic N) is 4. The summed E-state index contributed by atoms with van der Waals surface area (Å²) in [6.45, 7) is 0. The van der Waals surface area contributed by atoms with Gasteiger partial charge in [0.2, 0.25) is 4.80 Å². The minimum absolute atomic E-state index is 0.372. The molecule has 172 valence electrons. The predicted molar refractivity (Wildman–Crippen MR) is 143 cm³/mol. The highest BCUT2D eigenvalue weighted by molar-refractivity contribution is 7.07. The summed E-state index contributed by atoms with van der Waals surface area (Å²) in [6, 6.07) is 23.6. The van der Waals surface area contributed by atoms with Gasteiger partial charge in [-0.05, 0) is 47.5 Å². The van der Waals surface area contributed by atoms with Gasteiger partial charge in [-0.15, -0.1) is 16.4 Å². The second-order valence-corrected chi connectivity index (χ2v) is 9.10. The Morgan fingerprint density at radius 1 is 0.857 bits per heavy atom. The zero-order valence-electron chi connectivity index (χ0n) is 18.0. The van der Waals surface area contributed by atoms with Crippen LogP contribution in [-0.2, 0) is 0 Å². The molecule has 5 rings (SSSR count). The van der Waals surface area contributed by atoms with E-state index in [1.165, 1.54) is 11.3 Å². The number of hydrogen-bond donors (Lipinski definition) is 0. The zero-order valence-corrected chi connectivity index (χ0v) is 20.3. The van der Waals surface area contributed by atoms with Gasteiger partial charge in [0.1, 0.15) is 5.58 Å². The average Bonchev–Trinajstić information content (AvgIpc) is 3.27. The fourth-order valence-corrected chi connectivity index (χ4v) is 4.31. The van der Waals surface area contributed by atoms with Gasteiger partial charge in [0.05, 0.1) is 23.7 Å². The quantitative estimate of drug-likeness (QED) is 0.152. The van der Waals surface area contributed by atoms with Gasteiger partial charge in [0.25, 0.3) is 0 Å². The smallest absolute Gasteiger partial charge is 0.345 e. The average molecular weight is 519 g/mol. The van der Waals surface area contributed by atoms with Crippen molar-refractivity contribution in [2.75, 3.05) is 0 Å². The van der Waals surface area contributed by atoms with Crippen molar-refractivity contribution in [2.45, 2.75) is 0 Å². The van der Waals surface area contributed by atoms with Crippen LogP contribution in [0.5, 0.6) is 0 Å². The molecule has 0 aliphatic carbocycles. The Morgan fingerprint density at radius 2 is 1.51 bits per heavy atom. The SMILES string of the molecule is O=c1oc2ccccc2cc1-c1cs/c(=N/N=C\c2ccc(Cl)cc2)n1/N=C/c1ccc(Cl)cc1. The number of fused-ring (bicyclic) bond motifs is 1. The maximum Gasteiger partial charge on any atom is 0.345 e. The topological polar surface area (TPSA) is 72.2 Å². The van der Waals surface area contributed by atoms with E-state index < -0.39 is 5.63 Å². The summed E-state index contributed by atoms with van der Waals surface area (Å²) in [5.41, 5.74) is 2.65. The highest BCUT2D eigenvalue weighted by atomic mass is 35.5. The first kappa shape index (κ1) is 23.0. The number of halogens is 2. The van der Waals surface area contributed by atoms with Crippen molar-refractivity contribution in [1.82, 2.24) is 4.68 Å². The molecule has 0 aliphatic heterocycles. The molecule has 0 atom stereocenters. The second-order valence-electron chi connectivity index (χ2n) is 7.39. The summed E-state index contributed by atoms with van der Waals surface area (Å²) >= 11 is 13.2. The largest absolute Gasteiger partial charge is 0.422 e. The first-order chi connectivity index (χ1) is 17.1. The summed E-state index contributed by atoms with van der Waals surface area (Å²) in [4.78, 5) is 13.3. The Hall–Kier alpha value is -3.78. The van der Waals surface area contributed by atoms with Gasteiger partial charge in [-0.2, -0.15) is 10.2 Å². The first-order valence-electron chi connectivity index (χ1n) is 10.4. The lowest BCUT2D eigenvalue weighted by atomic mass is 10.1. The monoisotopic (exact) mass is 518 g/mol. The molecular weight excluding hydrogens is 503 g/mol. The van der Waals surface area contributed by atoms with Gasteiger partial charge < -0.3 is 4.42 Å². The zero-order chi connectivity index (χ0) is 24.2. The normalized spacial score (nSPS) is 12.3. The fraction of sp³-hybridized carbons (Fsp3) is 0. The van der Waals surface area contributed by atoms with Crippen LogP contribution in [0, 0.1) is 0 Å². The van der Waals surface area contributed by atoms with E-state index in [-0.39, 0.29) is 0 Å². The third kappa shape index (κ3) is 5.33. The summed E-state index contributed by atoms with van der Waals surface area (Å²) < 4.78 is 7.10. The molecule has 0 bridgehead atoms. The van der Waals surface area contributed by atoms with Gasteiger partial charge in [-0.1, -0.05) is 65.7 Å². The van der Waals surface area contributed by atoms with Crippen LogP contribution in [-0.4, -0.2) is 17.1 Å². The molecule has 0 unspecified atom stereocenters. The van der Waals surface area contributed by atoms with Crippen molar-refractivity contribution in [3.05, 3.63) is 121 Å². The van der Waals surface area contributed by atoms with Crippen molar-refractivity contribution in [3.63, 3.8) is 0 Å². The van der Waals surface area contributed by atoms with E-state index in [0.717, 1.165) is 16.5 Å². The van der Waals surface area contributed by atoms with Crippen LogP contribution in [0.3, 0.4) is 0 Å². The summed E-state index contributed by atoms with van der Waals surface area (Å²) in [7, 11) is 0. The number of hydrogen-bond acceptors (Lipinski definition) is 6. The van der Waals surface area contributed by atoms with E-state index in [1.807, 2.05) is 42.5 Å². The predicted octanol–water partition coefficient (Wildman–Crippen LogP) is 6.45. The Kier molecular flexibility index (Phi) is 6.72. The molecule has 6 nitrogen and oxygen atoms in total. The van der Waals surface area contributed by atoms with E-state index in [9.17, 15) is 4.79 Å². The summed E-state index contributed by atoms with van der Waals surface area (Å²) in [5.74, 6) is 0. The first-order valence-corrected chi connectivity index (χ1v) is 12.1. The Bertz CT molecular complexity index is 1680. The minimum atomic E-state index is -0.465. The molecule has 0 saturated carbocycles. The van der Waals surface area contributed by atoms with Gasteiger partial charge in [0, 0.05) is 20.8 Å². The van der Waals surface area contributed by atoms with Crippen molar-refractivity contribution in [1.29, 1.82) is 0 Å². The maximum absolute atomic E-state index is 12.8.